The summed E-state index contributed by atoms with van der Waals surface area (Å²) in [4.78, 5) is 0. The second kappa shape index (κ2) is 6.36. The molecule has 1 unspecified atom stereocenters. The summed E-state index contributed by atoms with van der Waals surface area (Å²) in [5.74, 6) is 0.735. The highest BCUT2D eigenvalue weighted by atomic mass is 35.5. The van der Waals surface area contributed by atoms with Crippen LogP contribution in [0.4, 0.5) is 4.39 Å². The molecule has 1 aromatic rings. The lowest BCUT2D eigenvalue weighted by atomic mass is 10.1. The highest BCUT2D eigenvalue weighted by molar-refractivity contribution is 7.98. The van der Waals surface area contributed by atoms with Gasteiger partial charge in [0.1, 0.15) is 5.82 Å². The number of thioether (sulfide) groups is 1. The molecule has 1 rings (SSSR count). The first-order chi connectivity index (χ1) is 7.17. The van der Waals surface area contributed by atoms with Crippen molar-refractivity contribution < 1.29 is 4.39 Å². The fourth-order valence-corrected chi connectivity index (χ4v) is 2.33. The van der Waals surface area contributed by atoms with Gasteiger partial charge in [0.2, 0.25) is 0 Å². The maximum absolute atomic E-state index is 12.8. The first-order valence-electron chi connectivity index (χ1n) is 4.77. The molecule has 0 aliphatic rings. The smallest absolute Gasteiger partial charge is 0.124 e. The Morgan fingerprint density at radius 1 is 1.53 bits per heavy atom. The van der Waals surface area contributed by atoms with Gasteiger partial charge in [-0.05, 0) is 37.4 Å². The quantitative estimate of drug-likeness (QED) is 0.859. The molecule has 1 nitrogen and oxygen atoms in total. The molecule has 0 aromatic heterocycles. The molecule has 0 saturated carbocycles. The van der Waals surface area contributed by atoms with Gasteiger partial charge in [-0.15, -0.1) is 0 Å². The van der Waals surface area contributed by atoms with Crippen LogP contribution < -0.4 is 5.32 Å². The fraction of sp³-hybridized carbons (Fsp3) is 0.455. The van der Waals surface area contributed by atoms with E-state index in [2.05, 4.69) is 11.6 Å². The van der Waals surface area contributed by atoms with Crippen molar-refractivity contribution in [3.05, 3.63) is 34.6 Å². The Bertz CT molecular complexity index is 319. The molecule has 0 aliphatic heterocycles. The number of halogens is 2. The van der Waals surface area contributed by atoms with Crippen LogP contribution in [0, 0.1) is 5.82 Å². The van der Waals surface area contributed by atoms with Crippen molar-refractivity contribution in [2.45, 2.75) is 12.5 Å². The van der Waals surface area contributed by atoms with E-state index in [4.69, 9.17) is 11.6 Å². The van der Waals surface area contributed by atoms with Crippen LogP contribution in [0.5, 0.6) is 0 Å². The normalized spacial score (nSPS) is 12.8. The third-order valence-corrected chi connectivity index (χ3v) is 3.35. The molecule has 0 fully saturated rings. The average molecular weight is 248 g/mol. The molecule has 0 spiro atoms. The molecule has 0 bridgehead atoms. The van der Waals surface area contributed by atoms with Gasteiger partial charge in [0, 0.05) is 16.8 Å². The minimum absolute atomic E-state index is 0.283. The van der Waals surface area contributed by atoms with E-state index in [0.717, 1.165) is 17.7 Å². The number of benzene rings is 1. The standard InChI is InChI=1S/C11H15ClFNS/c1-14-10(7-15-2)5-8-3-4-9(13)6-11(8)12/h3-4,6,10,14H,5,7H2,1-2H3. The third-order valence-electron chi connectivity index (χ3n) is 2.26. The molecule has 0 heterocycles. The Morgan fingerprint density at radius 2 is 2.27 bits per heavy atom. The summed E-state index contributed by atoms with van der Waals surface area (Å²) in [6.07, 6.45) is 2.90. The van der Waals surface area contributed by atoms with Gasteiger partial charge in [-0.25, -0.2) is 4.39 Å². The lowest BCUT2D eigenvalue weighted by molar-refractivity contribution is 0.610. The van der Waals surface area contributed by atoms with Crippen LogP contribution in [0.1, 0.15) is 5.56 Å². The van der Waals surface area contributed by atoms with Crippen molar-refractivity contribution in [1.29, 1.82) is 0 Å². The van der Waals surface area contributed by atoms with Crippen LogP contribution in [0.2, 0.25) is 5.02 Å². The van der Waals surface area contributed by atoms with Crippen LogP contribution in [0.3, 0.4) is 0 Å². The summed E-state index contributed by atoms with van der Waals surface area (Å²) >= 11 is 7.74. The minimum atomic E-state index is -0.283. The molecule has 1 atom stereocenters. The van der Waals surface area contributed by atoms with Gasteiger partial charge in [-0.3, -0.25) is 0 Å². The molecular formula is C11H15ClFNS. The van der Waals surface area contributed by atoms with Crippen LogP contribution in [0.15, 0.2) is 18.2 Å². The van der Waals surface area contributed by atoms with Gasteiger partial charge in [-0.2, -0.15) is 11.8 Å². The van der Waals surface area contributed by atoms with Gasteiger partial charge in [0.25, 0.3) is 0 Å². The first-order valence-corrected chi connectivity index (χ1v) is 6.54. The van der Waals surface area contributed by atoms with Crippen molar-refractivity contribution in [3.8, 4) is 0 Å². The van der Waals surface area contributed by atoms with Crippen molar-refractivity contribution in [2.24, 2.45) is 0 Å². The van der Waals surface area contributed by atoms with Gasteiger partial charge in [0.15, 0.2) is 0 Å². The SMILES string of the molecule is CNC(CSC)Cc1ccc(F)cc1Cl. The summed E-state index contributed by atoms with van der Waals surface area (Å²) in [5.41, 5.74) is 0.992. The summed E-state index contributed by atoms with van der Waals surface area (Å²) in [5, 5.41) is 3.73. The Balaban J connectivity index is 2.70. The molecule has 1 aromatic carbocycles. The molecule has 1 N–H and O–H groups in total. The van der Waals surface area contributed by atoms with Gasteiger partial charge < -0.3 is 5.32 Å². The Kier molecular flexibility index (Phi) is 5.43. The van der Waals surface area contributed by atoms with Crippen LogP contribution in [-0.2, 0) is 6.42 Å². The highest BCUT2D eigenvalue weighted by Gasteiger charge is 2.09. The van der Waals surface area contributed by atoms with E-state index < -0.39 is 0 Å². The minimum Gasteiger partial charge on any atom is -0.316 e. The van der Waals surface area contributed by atoms with E-state index in [9.17, 15) is 4.39 Å². The van der Waals surface area contributed by atoms with Crippen molar-refractivity contribution >= 4 is 23.4 Å². The molecule has 0 amide bonds. The number of hydrogen-bond donors (Lipinski definition) is 1. The van der Waals surface area contributed by atoms with E-state index in [1.165, 1.54) is 12.1 Å². The largest absolute Gasteiger partial charge is 0.316 e. The topological polar surface area (TPSA) is 12.0 Å². The molecule has 15 heavy (non-hydrogen) atoms. The number of nitrogens with one attached hydrogen (secondary N) is 1. The van der Waals surface area contributed by atoms with Crippen LogP contribution in [-0.4, -0.2) is 25.1 Å². The van der Waals surface area contributed by atoms with Crippen molar-refractivity contribution in [1.82, 2.24) is 5.32 Å². The number of likely N-dealkylation sites (N-methyl/N-ethyl adjacent to an activating group) is 1. The number of rotatable bonds is 5. The number of hydrogen-bond acceptors (Lipinski definition) is 2. The highest BCUT2D eigenvalue weighted by Crippen LogP contribution is 2.19. The van der Waals surface area contributed by atoms with Gasteiger partial charge in [0.05, 0.1) is 0 Å². The fourth-order valence-electron chi connectivity index (χ4n) is 1.40. The van der Waals surface area contributed by atoms with Gasteiger partial charge >= 0.3 is 0 Å². The van der Waals surface area contributed by atoms with E-state index in [1.807, 2.05) is 7.05 Å². The molecule has 0 radical (unpaired) electrons. The van der Waals surface area contributed by atoms with Crippen molar-refractivity contribution in [2.75, 3.05) is 19.1 Å². The van der Waals surface area contributed by atoms with E-state index in [0.29, 0.717) is 11.1 Å². The monoisotopic (exact) mass is 247 g/mol. The summed E-state index contributed by atoms with van der Waals surface area (Å²) in [7, 11) is 1.93. The van der Waals surface area contributed by atoms with Crippen LogP contribution >= 0.6 is 23.4 Å². The van der Waals surface area contributed by atoms with E-state index >= 15 is 0 Å². The molecule has 0 aliphatic carbocycles. The predicted octanol–water partition coefficient (Wildman–Crippen LogP) is 2.97. The Hall–Kier alpha value is -0.250. The zero-order valence-electron chi connectivity index (χ0n) is 8.89. The molecular weight excluding hydrogens is 233 g/mol. The van der Waals surface area contributed by atoms with Crippen molar-refractivity contribution in [3.63, 3.8) is 0 Å². The maximum atomic E-state index is 12.8. The molecule has 0 saturated heterocycles. The lowest BCUT2D eigenvalue weighted by Gasteiger charge is -2.15. The van der Waals surface area contributed by atoms with Crippen LogP contribution in [0.25, 0.3) is 0 Å². The molecule has 4 heteroatoms. The second-order valence-corrected chi connectivity index (χ2v) is 4.70. The van der Waals surface area contributed by atoms with E-state index in [-0.39, 0.29) is 5.82 Å². The lowest BCUT2D eigenvalue weighted by Crippen LogP contribution is -2.30. The zero-order valence-corrected chi connectivity index (χ0v) is 10.5. The average Bonchev–Trinajstić information content (AvgIpc) is 2.21. The summed E-state index contributed by atoms with van der Waals surface area (Å²) in [6, 6.07) is 4.95. The zero-order chi connectivity index (χ0) is 11.3. The predicted molar refractivity (Wildman–Crippen MR) is 66.3 cm³/mol. The summed E-state index contributed by atoms with van der Waals surface area (Å²) in [6.45, 7) is 0. The molecule has 84 valence electrons. The Morgan fingerprint density at radius 3 is 2.80 bits per heavy atom. The van der Waals surface area contributed by atoms with Gasteiger partial charge in [-0.1, -0.05) is 17.7 Å². The maximum Gasteiger partial charge on any atom is 0.124 e. The summed E-state index contributed by atoms with van der Waals surface area (Å²) < 4.78 is 12.8. The Labute approximate surface area is 99.4 Å². The third kappa shape index (κ3) is 4.01. The van der Waals surface area contributed by atoms with E-state index in [1.54, 1.807) is 17.8 Å². The first kappa shape index (κ1) is 12.8. The second-order valence-electron chi connectivity index (χ2n) is 3.38.